The van der Waals surface area contributed by atoms with Crippen LogP contribution in [0.1, 0.15) is 20.9 Å². The van der Waals surface area contributed by atoms with E-state index in [2.05, 4.69) is 20.4 Å². The van der Waals surface area contributed by atoms with E-state index >= 15 is 0 Å². The molecule has 1 N–H and O–H groups in total. The SMILES string of the molecule is O=C(Nc1ncc(Cc2cccc(F)c2)s1)c1cccc2ncnn12. The largest absolute Gasteiger partial charge is 0.296 e. The maximum Gasteiger partial charge on any atom is 0.276 e. The second-order valence-electron chi connectivity index (χ2n) is 5.33. The van der Waals surface area contributed by atoms with E-state index in [0.29, 0.717) is 22.9 Å². The number of nitrogens with zero attached hydrogens (tertiary/aromatic N) is 4. The van der Waals surface area contributed by atoms with Gasteiger partial charge in [0, 0.05) is 17.5 Å². The van der Waals surface area contributed by atoms with Gasteiger partial charge in [-0.15, -0.1) is 11.3 Å². The topological polar surface area (TPSA) is 72.2 Å². The molecular formula is C17H12FN5OS. The number of pyridine rings is 1. The van der Waals surface area contributed by atoms with Crippen LogP contribution in [0.2, 0.25) is 0 Å². The molecule has 1 aromatic carbocycles. The van der Waals surface area contributed by atoms with E-state index in [0.717, 1.165) is 10.4 Å². The van der Waals surface area contributed by atoms with Crippen LogP contribution >= 0.6 is 11.3 Å². The number of halogens is 1. The van der Waals surface area contributed by atoms with E-state index in [1.807, 2.05) is 6.07 Å². The molecule has 0 fully saturated rings. The fourth-order valence-electron chi connectivity index (χ4n) is 2.47. The summed E-state index contributed by atoms with van der Waals surface area (Å²) in [6, 6.07) is 11.6. The molecule has 0 aliphatic heterocycles. The molecule has 0 atom stereocenters. The molecule has 3 heterocycles. The second kappa shape index (κ2) is 6.40. The van der Waals surface area contributed by atoms with Crippen molar-refractivity contribution in [1.29, 1.82) is 0 Å². The average molecular weight is 353 g/mol. The van der Waals surface area contributed by atoms with Crippen LogP contribution < -0.4 is 5.32 Å². The van der Waals surface area contributed by atoms with Gasteiger partial charge in [-0.25, -0.2) is 18.9 Å². The highest BCUT2D eigenvalue weighted by Gasteiger charge is 2.13. The summed E-state index contributed by atoms with van der Waals surface area (Å²) < 4.78 is 14.7. The number of nitrogens with one attached hydrogen (secondary N) is 1. The summed E-state index contributed by atoms with van der Waals surface area (Å²) >= 11 is 1.35. The van der Waals surface area contributed by atoms with Crippen LogP contribution in [0.5, 0.6) is 0 Å². The van der Waals surface area contributed by atoms with Crippen molar-refractivity contribution >= 4 is 28.0 Å². The number of carbonyl (C=O) groups is 1. The Balaban J connectivity index is 1.51. The number of carbonyl (C=O) groups excluding carboxylic acids is 1. The molecule has 4 aromatic rings. The van der Waals surface area contributed by atoms with Crippen LogP contribution in [0.15, 0.2) is 55.0 Å². The minimum absolute atomic E-state index is 0.267. The molecule has 0 saturated carbocycles. The van der Waals surface area contributed by atoms with Crippen LogP contribution in [-0.4, -0.2) is 25.5 Å². The van der Waals surface area contributed by atoms with E-state index in [4.69, 9.17) is 0 Å². The molecule has 0 saturated heterocycles. The lowest BCUT2D eigenvalue weighted by Crippen LogP contribution is -2.16. The zero-order chi connectivity index (χ0) is 17.2. The molecule has 8 heteroatoms. The third kappa shape index (κ3) is 3.24. The predicted molar refractivity (Wildman–Crippen MR) is 92.3 cm³/mol. The number of rotatable bonds is 4. The Kier molecular flexibility index (Phi) is 3.95. The Morgan fingerprint density at radius 1 is 1.20 bits per heavy atom. The zero-order valence-corrected chi connectivity index (χ0v) is 13.7. The first kappa shape index (κ1) is 15.4. The summed E-state index contributed by atoms with van der Waals surface area (Å²) in [5.41, 5.74) is 1.82. The van der Waals surface area contributed by atoms with Crippen LogP contribution in [0.3, 0.4) is 0 Å². The van der Waals surface area contributed by atoms with E-state index in [1.54, 1.807) is 30.5 Å². The Hall–Kier alpha value is -3.13. The maximum atomic E-state index is 13.3. The number of aromatic nitrogens is 4. The van der Waals surface area contributed by atoms with Gasteiger partial charge in [-0.2, -0.15) is 5.10 Å². The monoisotopic (exact) mass is 353 g/mol. The zero-order valence-electron chi connectivity index (χ0n) is 12.9. The van der Waals surface area contributed by atoms with Crippen LogP contribution in [0.4, 0.5) is 9.52 Å². The minimum Gasteiger partial charge on any atom is -0.296 e. The average Bonchev–Trinajstić information content (AvgIpc) is 3.23. The molecule has 4 rings (SSSR count). The van der Waals surface area contributed by atoms with Crippen molar-refractivity contribution < 1.29 is 9.18 Å². The Bertz CT molecular complexity index is 1060. The lowest BCUT2D eigenvalue weighted by molar-refractivity contribution is 0.102. The fraction of sp³-hybridized carbons (Fsp3) is 0.0588. The van der Waals surface area contributed by atoms with Crippen molar-refractivity contribution in [2.45, 2.75) is 6.42 Å². The highest BCUT2D eigenvalue weighted by molar-refractivity contribution is 7.15. The second-order valence-corrected chi connectivity index (χ2v) is 6.45. The van der Waals surface area contributed by atoms with Crippen LogP contribution in [-0.2, 0) is 6.42 Å². The third-order valence-corrected chi connectivity index (χ3v) is 4.49. The maximum absolute atomic E-state index is 13.3. The van der Waals surface area contributed by atoms with Gasteiger partial charge in [0.05, 0.1) is 0 Å². The molecule has 0 aliphatic carbocycles. The van der Waals surface area contributed by atoms with Crippen molar-refractivity contribution in [1.82, 2.24) is 19.6 Å². The number of hydrogen-bond acceptors (Lipinski definition) is 5. The Labute approximate surface area is 146 Å². The van der Waals surface area contributed by atoms with Crippen molar-refractivity contribution in [3.05, 3.63) is 76.9 Å². The highest BCUT2D eigenvalue weighted by Crippen LogP contribution is 2.22. The number of benzene rings is 1. The summed E-state index contributed by atoms with van der Waals surface area (Å²) in [6.45, 7) is 0. The molecular weight excluding hydrogens is 341 g/mol. The molecule has 0 unspecified atom stereocenters. The lowest BCUT2D eigenvalue weighted by atomic mass is 10.1. The molecule has 3 aromatic heterocycles. The molecule has 0 radical (unpaired) electrons. The van der Waals surface area contributed by atoms with E-state index in [-0.39, 0.29) is 11.7 Å². The van der Waals surface area contributed by atoms with E-state index < -0.39 is 0 Å². The quantitative estimate of drug-likeness (QED) is 0.612. The molecule has 0 spiro atoms. The summed E-state index contributed by atoms with van der Waals surface area (Å²) in [7, 11) is 0. The van der Waals surface area contributed by atoms with Crippen molar-refractivity contribution in [2.24, 2.45) is 0 Å². The number of amides is 1. The van der Waals surface area contributed by atoms with Gasteiger partial charge in [-0.05, 0) is 29.8 Å². The predicted octanol–water partition coefficient (Wildman–Crippen LogP) is 3.17. The molecule has 0 aliphatic rings. The van der Waals surface area contributed by atoms with Gasteiger partial charge in [0.1, 0.15) is 17.8 Å². The van der Waals surface area contributed by atoms with Crippen LogP contribution in [0.25, 0.3) is 5.65 Å². The van der Waals surface area contributed by atoms with Crippen molar-refractivity contribution in [3.63, 3.8) is 0 Å². The number of fused-ring (bicyclic) bond motifs is 1. The first-order chi connectivity index (χ1) is 12.2. The van der Waals surface area contributed by atoms with Gasteiger partial charge >= 0.3 is 0 Å². The molecule has 1 amide bonds. The Morgan fingerprint density at radius 3 is 2.96 bits per heavy atom. The van der Waals surface area contributed by atoms with Gasteiger partial charge in [0.25, 0.3) is 5.91 Å². The summed E-state index contributed by atoms with van der Waals surface area (Å²) in [5, 5.41) is 7.29. The molecule has 0 bridgehead atoms. The Morgan fingerprint density at radius 2 is 2.08 bits per heavy atom. The standard InChI is InChI=1S/C17H12FN5OS/c18-12-4-1-3-11(7-12)8-13-9-19-17(25-13)22-16(24)14-5-2-6-15-20-10-21-23(14)15/h1-7,9-10H,8H2,(H,19,22,24). The normalized spacial score (nSPS) is 10.9. The van der Waals surface area contributed by atoms with E-state index in [9.17, 15) is 9.18 Å². The summed E-state index contributed by atoms with van der Waals surface area (Å²) in [5.74, 6) is -0.584. The van der Waals surface area contributed by atoms with Crippen molar-refractivity contribution in [2.75, 3.05) is 5.32 Å². The third-order valence-electron chi connectivity index (χ3n) is 3.58. The van der Waals surface area contributed by atoms with Gasteiger partial charge < -0.3 is 0 Å². The van der Waals surface area contributed by atoms with Crippen molar-refractivity contribution in [3.8, 4) is 0 Å². The minimum atomic E-state index is -0.317. The molecule has 25 heavy (non-hydrogen) atoms. The van der Waals surface area contributed by atoms with Gasteiger partial charge in [0.15, 0.2) is 10.8 Å². The summed E-state index contributed by atoms with van der Waals surface area (Å²) in [4.78, 5) is 21.7. The first-order valence-corrected chi connectivity index (χ1v) is 8.30. The highest BCUT2D eigenvalue weighted by atomic mass is 32.1. The number of thiazole rings is 1. The van der Waals surface area contributed by atoms with Gasteiger partial charge in [-0.3, -0.25) is 10.1 Å². The molecule has 124 valence electrons. The number of hydrogen-bond donors (Lipinski definition) is 1. The van der Waals surface area contributed by atoms with Crippen LogP contribution in [0, 0.1) is 5.82 Å². The van der Waals surface area contributed by atoms with E-state index in [1.165, 1.54) is 34.3 Å². The summed E-state index contributed by atoms with van der Waals surface area (Å²) in [6.07, 6.45) is 3.64. The molecule has 6 nitrogen and oxygen atoms in total. The van der Waals surface area contributed by atoms with Gasteiger partial charge in [-0.1, -0.05) is 18.2 Å². The number of anilines is 1. The van der Waals surface area contributed by atoms with Gasteiger partial charge in [0.2, 0.25) is 0 Å². The fourth-order valence-corrected chi connectivity index (χ4v) is 3.32. The lowest BCUT2D eigenvalue weighted by Gasteiger charge is -2.03. The smallest absolute Gasteiger partial charge is 0.276 e. The first-order valence-electron chi connectivity index (χ1n) is 7.48.